The molecule has 2 N–H and O–H groups in total. The normalized spacial score (nSPS) is 12.4. The van der Waals surface area contributed by atoms with Crippen LogP contribution in [0, 0.1) is 13.8 Å². The van der Waals surface area contributed by atoms with Crippen LogP contribution >= 0.6 is 0 Å². The zero-order valence-corrected chi connectivity index (χ0v) is 14.5. The third kappa shape index (κ3) is 2.60. The van der Waals surface area contributed by atoms with Gasteiger partial charge in [0, 0.05) is 22.2 Å². The minimum atomic E-state index is -0.0331. The van der Waals surface area contributed by atoms with E-state index in [1.807, 2.05) is 36.4 Å². The molecule has 0 saturated heterocycles. The SMILES string of the molecule is Cc1cccc2[nH]c(C(c3ccccc3)c3ccccc3O)c(C)c12. The molecule has 2 nitrogen and oxygen atoms in total. The van der Waals surface area contributed by atoms with E-state index in [0.29, 0.717) is 5.75 Å². The summed E-state index contributed by atoms with van der Waals surface area (Å²) in [6, 6.07) is 24.3. The summed E-state index contributed by atoms with van der Waals surface area (Å²) in [5.41, 5.74) is 6.87. The molecule has 4 aromatic rings. The summed E-state index contributed by atoms with van der Waals surface area (Å²) >= 11 is 0. The van der Waals surface area contributed by atoms with Gasteiger partial charge < -0.3 is 10.1 Å². The molecule has 0 aliphatic rings. The lowest BCUT2D eigenvalue weighted by Crippen LogP contribution is -2.05. The Labute approximate surface area is 147 Å². The van der Waals surface area contributed by atoms with Gasteiger partial charge in [-0.05, 0) is 42.7 Å². The number of fused-ring (bicyclic) bond motifs is 1. The van der Waals surface area contributed by atoms with Crippen LogP contribution in [-0.4, -0.2) is 10.1 Å². The third-order valence-electron chi connectivity index (χ3n) is 4.99. The number of benzene rings is 3. The van der Waals surface area contributed by atoms with Crippen LogP contribution in [0.15, 0.2) is 72.8 Å². The van der Waals surface area contributed by atoms with Crippen molar-refractivity contribution in [3.8, 4) is 5.75 Å². The molecule has 0 bridgehead atoms. The number of rotatable bonds is 3. The van der Waals surface area contributed by atoms with E-state index in [1.54, 1.807) is 6.07 Å². The molecular weight excluding hydrogens is 306 g/mol. The smallest absolute Gasteiger partial charge is 0.119 e. The van der Waals surface area contributed by atoms with Crippen molar-refractivity contribution in [3.63, 3.8) is 0 Å². The third-order valence-corrected chi connectivity index (χ3v) is 4.99. The quantitative estimate of drug-likeness (QED) is 0.499. The summed E-state index contributed by atoms with van der Waals surface area (Å²) in [6.45, 7) is 4.31. The van der Waals surface area contributed by atoms with Crippen molar-refractivity contribution >= 4 is 10.9 Å². The van der Waals surface area contributed by atoms with Crippen molar-refractivity contribution < 1.29 is 5.11 Å². The first kappa shape index (κ1) is 15.5. The highest BCUT2D eigenvalue weighted by atomic mass is 16.3. The van der Waals surface area contributed by atoms with E-state index in [1.165, 1.54) is 16.5 Å². The number of phenolic OH excluding ortho intramolecular Hbond substituents is 1. The van der Waals surface area contributed by atoms with Crippen molar-refractivity contribution in [1.82, 2.24) is 4.98 Å². The van der Waals surface area contributed by atoms with Gasteiger partial charge in [-0.3, -0.25) is 0 Å². The van der Waals surface area contributed by atoms with Gasteiger partial charge in [-0.15, -0.1) is 0 Å². The molecule has 1 aromatic heterocycles. The van der Waals surface area contributed by atoms with Gasteiger partial charge in [0.05, 0.1) is 5.92 Å². The summed E-state index contributed by atoms with van der Waals surface area (Å²) in [5.74, 6) is 0.292. The highest BCUT2D eigenvalue weighted by Gasteiger charge is 2.24. The molecular formula is C23H21NO. The first-order valence-electron chi connectivity index (χ1n) is 8.57. The van der Waals surface area contributed by atoms with Crippen LogP contribution in [0.4, 0.5) is 0 Å². The lowest BCUT2D eigenvalue weighted by atomic mass is 9.86. The lowest BCUT2D eigenvalue weighted by molar-refractivity contribution is 0.467. The van der Waals surface area contributed by atoms with Gasteiger partial charge in [-0.25, -0.2) is 0 Å². The van der Waals surface area contributed by atoms with Crippen LogP contribution in [0.2, 0.25) is 0 Å². The first-order chi connectivity index (χ1) is 12.2. The van der Waals surface area contributed by atoms with Crippen LogP contribution in [0.3, 0.4) is 0 Å². The summed E-state index contributed by atoms with van der Waals surface area (Å²) in [6.07, 6.45) is 0. The number of aromatic nitrogens is 1. The number of aromatic amines is 1. The Bertz CT molecular complexity index is 1030. The van der Waals surface area contributed by atoms with Gasteiger partial charge in [0.15, 0.2) is 0 Å². The molecule has 4 rings (SSSR count). The monoisotopic (exact) mass is 327 g/mol. The maximum atomic E-state index is 10.5. The van der Waals surface area contributed by atoms with Gasteiger partial charge in [-0.1, -0.05) is 60.7 Å². The molecule has 0 spiro atoms. The molecule has 0 saturated carbocycles. The van der Waals surface area contributed by atoms with Gasteiger partial charge in [0.1, 0.15) is 5.75 Å². The van der Waals surface area contributed by atoms with Crippen molar-refractivity contribution in [1.29, 1.82) is 0 Å². The Morgan fingerprint density at radius 3 is 2.24 bits per heavy atom. The van der Waals surface area contributed by atoms with E-state index in [4.69, 9.17) is 0 Å². The molecule has 0 radical (unpaired) electrons. The van der Waals surface area contributed by atoms with Gasteiger partial charge in [0.25, 0.3) is 0 Å². The number of aryl methyl sites for hydroxylation is 2. The number of phenols is 1. The topological polar surface area (TPSA) is 36.0 Å². The van der Waals surface area contributed by atoms with Crippen LogP contribution in [-0.2, 0) is 0 Å². The van der Waals surface area contributed by atoms with E-state index in [0.717, 1.165) is 22.3 Å². The number of hydrogen-bond acceptors (Lipinski definition) is 1. The predicted molar refractivity (Wildman–Crippen MR) is 103 cm³/mol. The van der Waals surface area contributed by atoms with Gasteiger partial charge >= 0.3 is 0 Å². The van der Waals surface area contributed by atoms with Crippen molar-refractivity contribution in [2.75, 3.05) is 0 Å². The Morgan fingerprint density at radius 1 is 0.800 bits per heavy atom. The molecule has 1 atom stereocenters. The maximum absolute atomic E-state index is 10.5. The van der Waals surface area contributed by atoms with Crippen LogP contribution in [0.1, 0.15) is 33.9 Å². The molecule has 124 valence electrons. The molecule has 3 aromatic carbocycles. The lowest BCUT2D eigenvalue weighted by Gasteiger charge is -2.19. The average molecular weight is 327 g/mol. The van der Waals surface area contributed by atoms with Crippen LogP contribution in [0.5, 0.6) is 5.75 Å². The second-order valence-corrected chi connectivity index (χ2v) is 6.56. The Hall–Kier alpha value is -3.00. The van der Waals surface area contributed by atoms with E-state index < -0.39 is 0 Å². The molecule has 1 heterocycles. The molecule has 1 unspecified atom stereocenters. The van der Waals surface area contributed by atoms with E-state index in [2.05, 4.69) is 49.2 Å². The fraction of sp³-hybridized carbons (Fsp3) is 0.130. The summed E-state index contributed by atoms with van der Waals surface area (Å²) < 4.78 is 0. The van der Waals surface area contributed by atoms with Crippen molar-refractivity contribution in [3.05, 3.63) is 101 Å². The largest absolute Gasteiger partial charge is 0.508 e. The number of H-pyrrole nitrogens is 1. The van der Waals surface area contributed by atoms with E-state index >= 15 is 0 Å². The molecule has 0 fully saturated rings. The van der Waals surface area contributed by atoms with Crippen molar-refractivity contribution in [2.45, 2.75) is 19.8 Å². The number of nitrogens with one attached hydrogen (secondary N) is 1. The summed E-state index contributed by atoms with van der Waals surface area (Å²) in [7, 11) is 0. The fourth-order valence-electron chi connectivity index (χ4n) is 3.81. The molecule has 0 aliphatic carbocycles. The number of hydrogen-bond donors (Lipinski definition) is 2. The number of aromatic hydroxyl groups is 1. The highest BCUT2D eigenvalue weighted by molar-refractivity contribution is 5.88. The number of para-hydroxylation sites is 1. The predicted octanol–water partition coefficient (Wildman–Crippen LogP) is 5.67. The Balaban J connectivity index is 2.01. The average Bonchev–Trinajstić information content (AvgIpc) is 2.96. The minimum Gasteiger partial charge on any atom is -0.508 e. The van der Waals surface area contributed by atoms with Gasteiger partial charge in [-0.2, -0.15) is 0 Å². The Kier molecular flexibility index (Phi) is 3.81. The Morgan fingerprint density at radius 2 is 1.52 bits per heavy atom. The summed E-state index contributed by atoms with van der Waals surface area (Å²) in [4.78, 5) is 3.62. The zero-order valence-electron chi connectivity index (χ0n) is 14.5. The minimum absolute atomic E-state index is 0.0331. The van der Waals surface area contributed by atoms with E-state index in [9.17, 15) is 5.11 Å². The first-order valence-corrected chi connectivity index (χ1v) is 8.57. The maximum Gasteiger partial charge on any atom is 0.119 e. The summed E-state index contributed by atoms with van der Waals surface area (Å²) in [5, 5.41) is 11.8. The van der Waals surface area contributed by atoms with Crippen LogP contribution < -0.4 is 0 Å². The van der Waals surface area contributed by atoms with Gasteiger partial charge in [0.2, 0.25) is 0 Å². The standard InChI is InChI=1S/C23H21NO/c1-15-9-8-13-19-21(15)16(2)23(24-19)22(17-10-4-3-5-11-17)18-12-6-7-14-20(18)25/h3-14,22,24-25H,1-2H3. The molecule has 25 heavy (non-hydrogen) atoms. The van der Waals surface area contributed by atoms with E-state index in [-0.39, 0.29) is 5.92 Å². The molecule has 2 heteroatoms. The van der Waals surface area contributed by atoms with Crippen LogP contribution in [0.25, 0.3) is 10.9 Å². The molecule has 0 amide bonds. The zero-order chi connectivity index (χ0) is 17.4. The second kappa shape index (κ2) is 6.14. The molecule has 0 aliphatic heterocycles. The highest BCUT2D eigenvalue weighted by Crippen LogP contribution is 2.40. The van der Waals surface area contributed by atoms with Crippen molar-refractivity contribution in [2.24, 2.45) is 0 Å². The fourth-order valence-corrected chi connectivity index (χ4v) is 3.81. The second-order valence-electron chi connectivity index (χ2n) is 6.56.